The number of carbonyl (C=O) groups excluding carboxylic acids is 1. The number of nitrogens with zero attached hydrogens (tertiary/aromatic N) is 2. The predicted molar refractivity (Wildman–Crippen MR) is 148 cm³/mol. The third-order valence-corrected chi connectivity index (χ3v) is 7.43. The molecule has 0 saturated heterocycles. The summed E-state index contributed by atoms with van der Waals surface area (Å²) in [5, 5.41) is 2.36. The Morgan fingerprint density at radius 1 is 0.743 bits per heavy atom. The van der Waals surface area contributed by atoms with E-state index in [2.05, 4.69) is 76.8 Å². The average Bonchev–Trinajstić information content (AvgIpc) is 3.32. The van der Waals surface area contributed by atoms with E-state index in [0.29, 0.717) is 5.57 Å². The molecule has 1 aromatic heterocycles. The van der Waals surface area contributed by atoms with Gasteiger partial charge in [0.15, 0.2) is 0 Å². The highest BCUT2D eigenvalue weighted by atomic mass is 79.9. The summed E-state index contributed by atoms with van der Waals surface area (Å²) in [5.74, 6) is -0.00343. The standard InChI is InChI=1S/C31H23BrN2O/c1-20-18-22(21(2)33(20)30-17-16-28(32)24-12-6-7-13-25(24)30)19-27-26-14-8-9-15-29(26)34(31(27)35)23-10-4-3-5-11-23/h3-19H,1-2H3/b27-19+. The van der Waals surface area contributed by atoms with Crippen molar-refractivity contribution in [1.82, 2.24) is 4.57 Å². The quantitative estimate of drug-likeness (QED) is 0.221. The highest BCUT2D eigenvalue weighted by Crippen LogP contribution is 2.42. The van der Waals surface area contributed by atoms with Gasteiger partial charge in [-0.3, -0.25) is 9.69 Å². The van der Waals surface area contributed by atoms with Crippen molar-refractivity contribution in [3.05, 3.63) is 124 Å². The lowest BCUT2D eigenvalue weighted by molar-refractivity contribution is -0.112. The first kappa shape index (κ1) is 21.6. The van der Waals surface area contributed by atoms with Crippen LogP contribution in [-0.2, 0) is 4.79 Å². The summed E-state index contributed by atoms with van der Waals surface area (Å²) in [5.41, 5.74) is 7.87. The Bertz CT molecular complexity index is 1650. The van der Waals surface area contributed by atoms with E-state index in [1.807, 2.05) is 65.6 Å². The van der Waals surface area contributed by atoms with E-state index in [1.54, 1.807) is 0 Å². The molecule has 0 spiro atoms. The Morgan fingerprint density at radius 2 is 1.43 bits per heavy atom. The number of fused-ring (bicyclic) bond motifs is 2. The van der Waals surface area contributed by atoms with E-state index >= 15 is 0 Å². The van der Waals surface area contributed by atoms with Gasteiger partial charge in [0, 0.05) is 32.5 Å². The second-order valence-electron chi connectivity index (χ2n) is 8.83. The summed E-state index contributed by atoms with van der Waals surface area (Å²) < 4.78 is 3.36. The van der Waals surface area contributed by atoms with E-state index in [0.717, 1.165) is 44.0 Å². The molecular formula is C31H23BrN2O. The molecule has 1 aliphatic rings. The molecule has 0 bridgehead atoms. The maximum Gasteiger partial charge on any atom is 0.263 e. The number of amides is 1. The predicted octanol–water partition coefficient (Wildman–Crippen LogP) is 8.23. The summed E-state index contributed by atoms with van der Waals surface area (Å²) >= 11 is 3.69. The molecule has 1 amide bonds. The summed E-state index contributed by atoms with van der Waals surface area (Å²) in [4.78, 5) is 15.5. The summed E-state index contributed by atoms with van der Waals surface area (Å²) in [7, 11) is 0. The van der Waals surface area contributed by atoms with Crippen LogP contribution >= 0.6 is 15.9 Å². The maximum atomic E-state index is 13.7. The molecule has 0 radical (unpaired) electrons. The number of hydrogen-bond donors (Lipinski definition) is 0. The molecule has 170 valence electrons. The van der Waals surface area contributed by atoms with Crippen molar-refractivity contribution in [3.8, 4) is 5.69 Å². The first-order valence-electron chi connectivity index (χ1n) is 11.6. The van der Waals surface area contributed by atoms with Gasteiger partial charge in [0.1, 0.15) is 0 Å². The lowest BCUT2D eigenvalue weighted by atomic mass is 10.0. The molecule has 0 atom stereocenters. The zero-order valence-corrected chi connectivity index (χ0v) is 21.1. The van der Waals surface area contributed by atoms with Crippen molar-refractivity contribution in [2.24, 2.45) is 0 Å². The molecule has 1 aliphatic heterocycles. The van der Waals surface area contributed by atoms with Gasteiger partial charge in [-0.2, -0.15) is 0 Å². The average molecular weight is 519 g/mol. The molecule has 0 unspecified atom stereocenters. The summed E-state index contributed by atoms with van der Waals surface area (Å²) in [6.45, 7) is 4.24. The van der Waals surface area contributed by atoms with E-state index in [4.69, 9.17) is 0 Å². The topological polar surface area (TPSA) is 25.2 Å². The zero-order valence-electron chi connectivity index (χ0n) is 19.5. The highest BCUT2D eigenvalue weighted by molar-refractivity contribution is 9.10. The van der Waals surface area contributed by atoms with Crippen LogP contribution in [0.25, 0.3) is 28.1 Å². The molecule has 6 rings (SSSR count). The minimum Gasteiger partial charge on any atom is -0.317 e. The number of anilines is 2. The number of benzene rings is 4. The molecule has 5 aromatic rings. The molecule has 4 aromatic carbocycles. The van der Waals surface area contributed by atoms with Crippen molar-refractivity contribution in [2.45, 2.75) is 13.8 Å². The van der Waals surface area contributed by atoms with Gasteiger partial charge in [0.2, 0.25) is 0 Å². The van der Waals surface area contributed by atoms with Crippen LogP contribution in [0.1, 0.15) is 22.5 Å². The monoisotopic (exact) mass is 518 g/mol. The lowest BCUT2D eigenvalue weighted by Gasteiger charge is -2.16. The summed E-state index contributed by atoms with van der Waals surface area (Å²) in [6.07, 6.45) is 2.05. The molecular weight excluding hydrogens is 496 g/mol. The van der Waals surface area contributed by atoms with Crippen LogP contribution in [0.5, 0.6) is 0 Å². The number of rotatable bonds is 3. The first-order chi connectivity index (χ1) is 17.0. The maximum absolute atomic E-state index is 13.7. The fraction of sp³-hybridized carbons (Fsp3) is 0.0645. The normalized spacial score (nSPS) is 14.2. The Balaban J connectivity index is 1.51. The first-order valence-corrected chi connectivity index (χ1v) is 12.4. The van der Waals surface area contributed by atoms with Crippen LogP contribution in [0.15, 0.2) is 102 Å². The molecule has 0 N–H and O–H groups in total. The van der Waals surface area contributed by atoms with Crippen LogP contribution in [0.3, 0.4) is 0 Å². The van der Waals surface area contributed by atoms with E-state index < -0.39 is 0 Å². The number of carbonyl (C=O) groups is 1. The van der Waals surface area contributed by atoms with Gasteiger partial charge in [-0.05, 0) is 67.3 Å². The number of aryl methyl sites for hydroxylation is 1. The Kier molecular flexibility index (Phi) is 5.19. The third-order valence-electron chi connectivity index (χ3n) is 6.74. The van der Waals surface area contributed by atoms with Gasteiger partial charge < -0.3 is 4.57 Å². The van der Waals surface area contributed by atoms with Gasteiger partial charge in [-0.1, -0.05) is 76.6 Å². The van der Waals surface area contributed by atoms with Crippen molar-refractivity contribution in [3.63, 3.8) is 0 Å². The third kappa shape index (κ3) is 3.44. The number of aromatic nitrogens is 1. The van der Waals surface area contributed by atoms with Crippen molar-refractivity contribution < 1.29 is 4.79 Å². The minimum atomic E-state index is -0.00343. The molecule has 3 nitrogen and oxygen atoms in total. The van der Waals surface area contributed by atoms with Gasteiger partial charge in [-0.25, -0.2) is 0 Å². The Hall–Kier alpha value is -3.89. The highest BCUT2D eigenvalue weighted by Gasteiger charge is 2.33. The smallest absolute Gasteiger partial charge is 0.263 e. The molecule has 0 aliphatic carbocycles. The van der Waals surface area contributed by atoms with Gasteiger partial charge in [-0.15, -0.1) is 0 Å². The van der Waals surface area contributed by atoms with E-state index in [1.165, 1.54) is 10.8 Å². The van der Waals surface area contributed by atoms with Crippen LogP contribution in [-0.4, -0.2) is 10.5 Å². The van der Waals surface area contributed by atoms with Crippen molar-refractivity contribution >= 4 is 55.6 Å². The largest absolute Gasteiger partial charge is 0.317 e. The van der Waals surface area contributed by atoms with E-state index in [9.17, 15) is 4.79 Å². The minimum absolute atomic E-state index is 0.00343. The molecule has 35 heavy (non-hydrogen) atoms. The van der Waals surface area contributed by atoms with Gasteiger partial charge >= 0.3 is 0 Å². The fourth-order valence-corrected chi connectivity index (χ4v) is 5.59. The van der Waals surface area contributed by atoms with Crippen LogP contribution in [0, 0.1) is 13.8 Å². The van der Waals surface area contributed by atoms with E-state index in [-0.39, 0.29) is 5.91 Å². The van der Waals surface area contributed by atoms with Crippen LogP contribution < -0.4 is 4.90 Å². The molecule has 0 saturated carbocycles. The number of hydrogen-bond acceptors (Lipinski definition) is 1. The van der Waals surface area contributed by atoms with Crippen molar-refractivity contribution in [1.29, 1.82) is 0 Å². The van der Waals surface area contributed by atoms with Crippen LogP contribution in [0.4, 0.5) is 11.4 Å². The SMILES string of the molecule is Cc1cc(/C=C2/C(=O)N(c3ccccc3)c3ccccc32)c(C)n1-c1ccc(Br)c2ccccc12. The lowest BCUT2D eigenvalue weighted by Crippen LogP contribution is -2.20. The van der Waals surface area contributed by atoms with Crippen LogP contribution in [0.2, 0.25) is 0 Å². The molecule has 4 heteroatoms. The Morgan fingerprint density at radius 3 is 2.23 bits per heavy atom. The second-order valence-corrected chi connectivity index (χ2v) is 9.68. The number of para-hydroxylation sites is 2. The van der Waals surface area contributed by atoms with Crippen molar-refractivity contribution in [2.75, 3.05) is 4.90 Å². The molecule has 2 heterocycles. The van der Waals surface area contributed by atoms with Gasteiger partial charge in [0.05, 0.1) is 16.9 Å². The van der Waals surface area contributed by atoms with Gasteiger partial charge in [0.25, 0.3) is 5.91 Å². The number of halogens is 1. The second kappa shape index (κ2) is 8.40. The Labute approximate surface area is 213 Å². The zero-order chi connectivity index (χ0) is 24.1. The molecule has 0 fully saturated rings. The summed E-state index contributed by atoms with van der Waals surface area (Å²) in [6, 6.07) is 32.7. The fourth-order valence-electron chi connectivity index (χ4n) is 5.12.